The molecule has 31 heavy (non-hydrogen) atoms. The van der Waals surface area contributed by atoms with Gasteiger partial charge in [-0.15, -0.1) is 0 Å². The molecule has 1 heterocycles. The highest BCUT2D eigenvalue weighted by Crippen LogP contribution is 2.38. The van der Waals surface area contributed by atoms with E-state index in [0.29, 0.717) is 0 Å². The quantitative estimate of drug-likeness (QED) is 0.479. The van der Waals surface area contributed by atoms with Gasteiger partial charge in [-0.25, -0.2) is 4.79 Å². The zero-order chi connectivity index (χ0) is 22.6. The first-order valence-corrected chi connectivity index (χ1v) is 9.46. The molecule has 164 valence electrons. The predicted octanol–water partition coefficient (Wildman–Crippen LogP) is 5.11. The highest BCUT2D eigenvalue weighted by molar-refractivity contribution is 5.80. The Hall–Kier alpha value is -3.49. The molecule has 0 aliphatic carbocycles. The van der Waals surface area contributed by atoms with Crippen LogP contribution in [-0.2, 0) is 22.1 Å². The SMILES string of the molecule is CCOC(=O)COc1ccc2c(=O)c(Oc3ccc(CC)cc3)c(C(F)(F)F)oc2c1. The van der Waals surface area contributed by atoms with Gasteiger partial charge in [-0.3, -0.25) is 4.79 Å². The van der Waals surface area contributed by atoms with Gasteiger partial charge in [0.25, 0.3) is 5.76 Å². The molecule has 0 unspecified atom stereocenters. The molecule has 6 nitrogen and oxygen atoms in total. The van der Waals surface area contributed by atoms with Gasteiger partial charge in [-0.05, 0) is 43.2 Å². The average molecular weight is 436 g/mol. The van der Waals surface area contributed by atoms with Crippen LogP contribution in [0.25, 0.3) is 11.0 Å². The van der Waals surface area contributed by atoms with Crippen LogP contribution in [0.5, 0.6) is 17.2 Å². The summed E-state index contributed by atoms with van der Waals surface area (Å²) in [5.74, 6) is -3.04. The number of benzene rings is 2. The van der Waals surface area contributed by atoms with Gasteiger partial charge in [0, 0.05) is 6.07 Å². The summed E-state index contributed by atoms with van der Waals surface area (Å²) in [4.78, 5) is 24.2. The lowest BCUT2D eigenvalue weighted by molar-refractivity contribution is -0.154. The van der Waals surface area contributed by atoms with E-state index in [4.69, 9.17) is 18.6 Å². The third-order valence-electron chi connectivity index (χ3n) is 4.29. The number of alkyl halides is 3. The van der Waals surface area contributed by atoms with Crippen molar-refractivity contribution in [3.05, 3.63) is 64.0 Å². The molecule has 0 saturated heterocycles. The minimum absolute atomic E-state index is 0.0423. The molecular weight excluding hydrogens is 417 g/mol. The van der Waals surface area contributed by atoms with Crippen molar-refractivity contribution in [2.45, 2.75) is 26.4 Å². The predicted molar refractivity (Wildman–Crippen MR) is 106 cm³/mol. The molecule has 0 atom stereocenters. The zero-order valence-electron chi connectivity index (χ0n) is 16.7. The van der Waals surface area contributed by atoms with Crippen LogP contribution in [0.2, 0.25) is 0 Å². The maximum Gasteiger partial charge on any atom is 0.453 e. The molecule has 0 aliphatic heterocycles. The Bertz CT molecular complexity index is 1130. The Morgan fingerprint density at radius 2 is 1.71 bits per heavy atom. The number of esters is 1. The Labute approximate surface area is 175 Å². The molecule has 3 aromatic rings. The summed E-state index contributed by atoms with van der Waals surface area (Å²) in [6, 6.07) is 10.0. The standard InChI is InChI=1S/C22H19F3O6/c1-3-13-5-7-14(8-6-13)30-20-19(27)16-10-9-15(29-12-18(26)28-4-2)11-17(16)31-21(20)22(23,24)25/h5-11H,3-4,12H2,1-2H3. The van der Waals surface area contributed by atoms with E-state index in [0.717, 1.165) is 18.1 Å². The highest BCUT2D eigenvalue weighted by atomic mass is 19.4. The van der Waals surface area contributed by atoms with Gasteiger partial charge in [-0.2, -0.15) is 13.2 Å². The van der Waals surface area contributed by atoms with Crippen molar-refractivity contribution in [2.24, 2.45) is 0 Å². The number of hydrogen-bond acceptors (Lipinski definition) is 6. The number of rotatable bonds is 7. The second-order valence-electron chi connectivity index (χ2n) is 6.44. The van der Waals surface area contributed by atoms with Crippen LogP contribution in [-0.4, -0.2) is 19.2 Å². The molecule has 0 bridgehead atoms. The average Bonchev–Trinajstić information content (AvgIpc) is 2.74. The third kappa shape index (κ3) is 5.17. The number of aryl methyl sites for hydroxylation is 1. The number of carbonyl (C=O) groups excluding carboxylic acids is 1. The number of carbonyl (C=O) groups is 1. The van der Waals surface area contributed by atoms with E-state index in [1.54, 1.807) is 19.1 Å². The van der Waals surface area contributed by atoms with Gasteiger partial charge in [-0.1, -0.05) is 19.1 Å². The van der Waals surface area contributed by atoms with Crippen LogP contribution < -0.4 is 14.9 Å². The molecule has 9 heteroatoms. The van der Waals surface area contributed by atoms with E-state index < -0.39 is 35.7 Å². The molecule has 0 N–H and O–H groups in total. The third-order valence-corrected chi connectivity index (χ3v) is 4.29. The van der Waals surface area contributed by atoms with Gasteiger partial charge in [0.2, 0.25) is 11.2 Å². The lowest BCUT2D eigenvalue weighted by atomic mass is 10.1. The van der Waals surface area contributed by atoms with Crippen molar-refractivity contribution >= 4 is 16.9 Å². The summed E-state index contributed by atoms with van der Waals surface area (Å²) in [6.45, 7) is 3.28. The molecular formula is C22H19F3O6. The molecule has 0 fully saturated rings. The maximum atomic E-state index is 13.6. The van der Waals surface area contributed by atoms with Gasteiger partial charge >= 0.3 is 12.1 Å². The van der Waals surface area contributed by atoms with Crippen LogP contribution in [0.4, 0.5) is 13.2 Å². The second-order valence-corrected chi connectivity index (χ2v) is 6.44. The monoisotopic (exact) mass is 436 g/mol. The molecule has 2 aromatic carbocycles. The van der Waals surface area contributed by atoms with E-state index in [1.807, 2.05) is 6.92 Å². The van der Waals surface area contributed by atoms with Gasteiger partial charge in [0.15, 0.2) is 6.61 Å². The maximum absolute atomic E-state index is 13.6. The van der Waals surface area contributed by atoms with Crippen LogP contribution >= 0.6 is 0 Å². The number of fused-ring (bicyclic) bond motifs is 1. The summed E-state index contributed by atoms with van der Waals surface area (Å²) < 4.78 is 61.0. The molecule has 1 aromatic heterocycles. The summed E-state index contributed by atoms with van der Waals surface area (Å²) in [5, 5.41) is -0.128. The van der Waals surface area contributed by atoms with E-state index >= 15 is 0 Å². The summed E-state index contributed by atoms with van der Waals surface area (Å²) in [7, 11) is 0. The Morgan fingerprint density at radius 1 is 1.03 bits per heavy atom. The normalized spacial score (nSPS) is 11.4. The zero-order valence-corrected chi connectivity index (χ0v) is 16.7. The molecule has 0 radical (unpaired) electrons. The summed E-state index contributed by atoms with van der Waals surface area (Å²) >= 11 is 0. The van der Waals surface area contributed by atoms with Crippen molar-refractivity contribution in [3.63, 3.8) is 0 Å². The minimum atomic E-state index is -4.98. The van der Waals surface area contributed by atoms with E-state index in [-0.39, 0.29) is 29.1 Å². The van der Waals surface area contributed by atoms with Gasteiger partial charge < -0.3 is 18.6 Å². The molecule has 3 rings (SSSR count). The minimum Gasteiger partial charge on any atom is -0.482 e. The fraction of sp³-hybridized carbons (Fsp3) is 0.273. The first-order chi connectivity index (χ1) is 14.7. The number of halogens is 3. The van der Waals surface area contributed by atoms with Crippen LogP contribution in [0, 0.1) is 0 Å². The van der Waals surface area contributed by atoms with E-state index in [1.165, 1.54) is 24.3 Å². The Morgan fingerprint density at radius 3 is 2.32 bits per heavy atom. The smallest absolute Gasteiger partial charge is 0.453 e. The topological polar surface area (TPSA) is 75.0 Å². The lowest BCUT2D eigenvalue weighted by Gasteiger charge is -2.14. The fourth-order valence-electron chi connectivity index (χ4n) is 2.78. The first-order valence-electron chi connectivity index (χ1n) is 9.46. The van der Waals surface area contributed by atoms with Crippen molar-refractivity contribution < 1.29 is 36.6 Å². The summed E-state index contributed by atoms with van der Waals surface area (Å²) in [5.41, 5.74) is -0.373. The molecule has 0 amide bonds. The number of ether oxygens (including phenoxy) is 3. The molecule has 0 saturated carbocycles. The second kappa shape index (κ2) is 9.11. The van der Waals surface area contributed by atoms with Crippen molar-refractivity contribution in [1.82, 2.24) is 0 Å². The van der Waals surface area contributed by atoms with Crippen LogP contribution in [0.1, 0.15) is 25.2 Å². The Kier molecular flexibility index (Phi) is 6.53. The largest absolute Gasteiger partial charge is 0.482 e. The fourth-order valence-corrected chi connectivity index (χ4v) is 2.78. The Balaban J connectivity index is 2.01. The summed E-state index contributed by atoms with van der Waals surface area (Å²) in [6.07, 6.45) is -4.24. The van der Waals surface area contributed by atoms with Crippen molar-refractivity contribution in [2.75, 3.05) is 13.2 Å². The number of hydrogen-bond donors (Lipinski definition) is 0. The van der Waals surface area contributed by atoms with Crippen LogP contribution in [0.3, 0.4) is 0 Å². The molecule has 0 spiro atoms. The first kappa shape index (κ1) is 22.2. The van der Waals surface area contributed by atoms with Gasteiger partial charge in [0.1, 0.15) is 17.1 Å². The van der Waals surface area contributed by atoms with Gasteiger partial charge in [0.05, 0.1) is 12.0 Å². The van der Waals surface area contributed by atoms with Crippen molar-refractivity contribution in [3.8, 4) is 17.2 Å². The molecule has 0 aliphatic rings. The van der Waals surface area contributed by atoms with Crippen LogP contribution in [0.15, 0.2) is 51.7 Å². The van der Waals surface area contributed by atoms with E-state index in [2.05, 4.69) is 0 Å². The van der Waals surface area contributed by atoms with Crippen molar-refractivity contribution in [1.29, 1.82) is 0 Å². The van der Waals surface area contributed by atoms with E-state index in [9.17, 15) is 22.8 Å². The highest BCUT2D eigenvalue weighted by Gasteiger charge is 2.40. The lowest BCUT2D eigenvalue weighted by Crippen LogP contribution is -2.16.